The Balaban J connectivity index is 1.74. The zero-order chi connectivity index (χ0) is 22.7. The molecule has 0 saturated carbocycles. The summed E-state index contributed by atoms with van der Waals surface area (Å²) in [6, 6.07) is 26.5. The molecule has 2 atom stereocenters. The largest absolute Gasteiger partial charge is 0.315 e. The summed E-state index contributed by atoms with van der Waals surface area (Å²) in [5.41, 5.74) is 2.36. The van der Waals surface area contributed by atoms with Gasteiger partial charge in [-0.05, 0) is 43.7 Å². The Morgan fingerprint density at radius 2 is 1.50 bits per heavy atom. The van der Waals surface area contributed by atoms with E-state index in [9.17, 15) is 9.59 Å². The highest BCUT2D eigenvalue weighted by atomic mass is 32.2. The molecular weight excluding hydrogens is 418 g/mol. The molecule has 1 heterocycles. The maximum Gasteiger partial charge on any atom is 0.262 e. The normalized spacial score (nSPS) is 13.0. The molecule has 32 heavy (non-hydrogen) atoms. The number of fused-ring (bicyclic) bond motifs is 1. The van der Waals surface area contributed by atoms with E-state index < -0.39 is 5.25 Å². The summed E-state index contributed by atoms with van der Waals surface area (Å²) in [4.78, 5) is 33.1. The van der Waals surface area contributed by atoms with Gasteiger partial charge in [0.1, 0.15) is 0 Å². The summed E-state index contributed by atoms with van der Waals surface area (Å²) in [6.45, 7) is 3.84. The van der Waals surface area contributed by atoms with E-state index in [2.05, 4.69) is 0 Å². The van der Waals surface area contributed by atoms with Crippen LogP contribution >= 0.6 is 11.8 Å². The van der Waals surface area contributed by atoms with Crippen LogP contribution in [0.15, 0.2) is 94.9 Å². The molecule has 0 fully saturated rings. The van der Waals surface area contributed by atoms with Crippen LogP contribution in [-0.4, -0.2) is 27.8 Å². The van der Waals surface area contributed by atoms with Crippen molar-refractivity contribution < 1.29 is 4.79 Å². The fraction of sp³-hybridized carbons (Fsp3) is 0.192. The standard InChI is InChI=1S/C26H25N3O2S/c1-18(20-12-6-4-7-13-20)29-25(31)22-16-10-11-17-23(22)27-26(29)32-19(2)24(30)28(3)21-14-8-5-9-15-21/h4-19H,1-3H3. The van der Waals surface area contributed by atoms with Crippen LogP contribution in [0.2, 0.25) is 0 Å². The van der Waals surface area contributed by atoms with E-state index in [4.69, 9.17) is 4.98 Å². The van der Waals surface area contributed by atoms with Crippen LogP contribution in [0.4, 0.5) is 5.69 Å². The highest BCUT2D eigenvalue weighted by Gasteiger charge is 2.24. The Kier molecular flexibility index (Phi) is 6.42. The van der Waals surface area contributed by atoms with Crippen LogP contribution in [0.1, 0.15) is 25.5 Å². The molecule has 1 amide bonds. The predicted molar refractivity (Wildman–Crippen MR) is 131 cm³/mol. The molecule has 0 N–H and O–H groups in total. The number of thioether (sulfide) groups is 1. The number of amides is 1. The number of rotatable bonds is 6. The number of aromatic nitrogens is 2. The maximum atomic E-state index is 13.5. The molecule has 6 heteroatoms. The smallest absolute Gasteiger partial charge is 0.262 e. The number of carbonyl (C=O) groups is 1. The van der Waals surface area contributed by atoms with Gasteiger partial charge in [-0.2, -0.15) is 0 Å². The second kappa shape index (κ2) is 9.40. The van der Waals surface area contributed by atoms with Crippen molar-refractivity contribution in [2.24, 2.45) is 0 Å². The summed E-state index contributed by atoms with van der Waals surface area (Å²) < 4.78 is 1.70. The first-order valence-electron chi connectivity index (χ1n) is 10.5. The monoisotopic (exact) mass is 443 g/mol. The van der Waals surface area contributed by atoms with E-state index in [1.165, 1.54) is 11.8 Å². The van der Waals surface area contributed by atoms with Crippen LogP contribution in [0.5, 0.6) is 0 Å². The van der Waals surface area contributed by atoms with Gasteiger partial charge in [-0.1, -0.05) is 72.4 Å². The lowest BCUT2D eigenvalue weighted by atomic mass is 10.1. The van der Waals surface area contributed by atoms with Crippen molar-refractivity contribution in [1.29, 1.82) is 0 Å². The topological polar surface area (TPSA) is 55.2 Å². The fourth-order valence-electron chi connectivity index (χ4n) is 3.69. The molecule has 3 aromatic carbocycles. The second-order valence-electron chi connectivity index (χ2n) is 7.67. The number of para-hydroxylation sites is 2. The molecule has 1 aromatic heterocycles. The summed E-state index contributed by atoms with van der Waals surface area (Å²) in [5, 5.41) is 0.676. The highest BCUT2D eigenvalue weighted by Crippen LogP contribution is 2.29. The average molecular weight is 444 g/mol. The zero-order valence-corrected chi connectivity index (χ0v) is 19.1. The van der Waals surface area contributed by atoms with Crippen LogP contribution in [0.25, 0.3) is 10.9 Å². The molecule has 162 valence electrons. The van der Waals surface area contributed by atoms with Gasteiger partial charge in [0.2, 0.25) is 5.91 Å². The number of benzene rings is 3. The SMILES string of the molecule is CC(Sc1nc2ccccc2c(=O)n1C(C)c1ccccc1)C(=O)N(C)c1ccccc1. The first kappa shape index (κ1) is 21.8. The van der Waals surface area contributed by atoms with Crippen molar-refractivity contribution >= 4 is 34.3 Å². The Labute approximate surface area is 191 Å². The molecule has 0 spiro atoms. The minimum atomic E-state index is -0.428. The summed E-state index contributed by atoms with van der Waals surface area (Å²) in [6.07, 6.45) is 0. The molecule has 0 bridgehead atoms. The maximum absolute atomic E-state index is 13.5. The Morgan fingerprint density at radius 1 is 0.906 bits per heavy atom. The van der Waals surface area contributed by atoms with Gasteiger partial charge in [0, 0.05) is 12.7 Å². The molecule has 4 aromatic rings. The van der Waals surface area contributed by atoms with Crippen molar-refractivity contribution in [2.75, 3.05) is 11.9 Å². The van der Waals surface area contributed by atoms with Crippen LogP contribution in [-0.2, 0) is 4.79 Å². The van der Waals surface area contributed by atoms with Crippen molar-refractivity contribution in [1.82, 2.24) is 9.55 Å². The minimum Gasteiger partial charge on any atom is -0.315 e. The highest BCUT2D eigenvalue weighted by molar-refractivity contribution is 8.00. The van der Waals surface area contributed by atoms with Crippen LogP contribution in [0, 0.1) is 0 Å². The number of anilines is 1. The third-order valence-electron chi connectivity index (χ3n) is 5.55. The van der Waals surface area contributed by atoms with Gasteiger partial charge in [0.25, 0.3) is 5.56 Å². The van der Waals surface area contributed by atoms with Gasteiger partial charge >= 0.3 is 0 Å². The summed E-state index contributed by atoms with van der Waals surface area (Å²) >= 11 is 1.31. The zero-order valence-electron chi connectivity index (χ0n) is 18.3. The molecule has 0 saturated heterocycles. The van der Waals surface area contributed by atoms with Gasteiger partial charge in [-0.15, -0.1) is 0 Å². The molecule has 0 aliphatic heterocycles. The number of carbonyl (C=O) groups excluding carboxylic acids is 1. The van der Waals surface area contributed by atoms with Crippen molar-refractivity contribution in [3.63, 3.8) is 0 Å². The van der Waals surface area contributed by atoms with Crippen LogP contribution < -0.4 is 10.5 Å². The molecule has 5 nitrogen and oxygen atoms in total. The van der Waals surface area contributed by atoms with E-state index in [0.29, 0.717) is 16.1 Å². The first-order chi connectivity index (χ1) is 15.5. The quantitative estimate of drug-likeness (QED) is 0.305. The van der Waals surface area contributed by atoms with Gasteiger partial charge in [0.05, 0.1) is 22.2 Å². The fourth-order valence-corrected chi connectivity index (χ4v) is 4.77. The van der Waals surface area contributed by atoms with Gasteiger partial charge in [0.15, 0.2) is 5.16 Å². The third-order valence-corrected chi connectivity index (χ3v) is 6.60. The Bertz CT molecular complexity index is 1290. The lowest BCUT2D eigenvalue weighted by molar-refractivity contribution is -0.117. The van der Waals surface area contributed by atoms with E-state index in [1.807, 2.05) is 92.7 Å². The van der Waals surface area contributed by atoms with Gasteiger partial charge < -0.3 is 4.90 Å². The number of nitrogens with zero attached hydrogens (tertiary/aromatic N) is 3. The summed E-state index contributed by atoms with van der Waals surface area (Å²) in [7, 11) is 1.77. The first-order valence-corrected chi connectivity index (χ1v) is 11.4. The van der Waals surface area contributed by atoms with E-state index in [-0.39, 0.29) is 17.5 Å². The third kappa shape index (κ3) is 4.32. The van der Waals surface area contributed by atoms with Crippen LogP contribution in [0.3, 0.4) is 0 Å². The van der Waals surface area contributed by atoms with Crippen molar-refractivity contribution in [2.45, 2.75) is 30.3 Å². The molecular formula is C26H25N3O2S. The van der Waals surface area contributed by atoms with Crippen molar-refractivity contribution in [3.8, 4) is 0 Å². The minimum absolute atomic E-state index is 0.0532. The molecule has 0 radical (unpaired) electrons. The molecule has 2 unspecified atom stereocenters. The molecule has 4 rings (SSSR count). The number of hydrogen-bond donors (Lipinski definition) is 0. The average Bonchev–Trinajstić information content (AvgIpc) is 2.84. The number of hydrogen-bond acceptors (Lipinski definition) is 4. The van der Waals surface area contributed by atoms with E-state index >= 15 is 0 Å². The van der Waals surface area contributed by atoms with Gasteiger partial charge in [-0.3, -0.25) is 14.2 Å². The van der Waals surface area contributed by atoms with E-state index in [1.54, 1.807) is 22.6 Å². The molecule has 0 aliphatic carbocycles. The van der Waals surface area contributed by atoms with Gasteiger partial charge in [-0.25, -0.2) is 4.98 Å². The second-order valence-corrected chi connectivity index (χ2v) is 8.97. The predicted octanol–water partition coefficient (Wildman–Crippen LogP) is 5.15. The van der Waals surface area contributed by atoms with E-state index in [0.717, 1.165) is 11.3 Å². The Morgan fingerprint density at radius 3 is 2.19 bits per heavy atom. The lowest BCUT2D eigenvalue weighted by Crippen LogP contribution is -2.34. The Hall–Kier alpha value is -3.38. The lowest BCUT2D eigenvalue weighted by Gasteiger charge is -2.24. The summed E-state index contributed by atoms with van der Waals surface area (Å²) in [5.74, 6) is -0.0532. The van der Waals surface area contributed by atoms with Crippen molar-refractivity contribution in [3.05, 3.63) is 101 Å². The molecule has 0 aliphatic rings.